The van der Waals surface area contributed by atoms with Gasteiger partial charge in [0.05, 0.1) is 5.75 Å². The lowest BCUT2D eigenvalue weighted by atomic mass is 10.2. The van der Waals surface area contributed by atoms with Crippen molar-refractivity contribution in [3.63, 3.8) is 0 Å². The van der Waals surface area contributed by atoms with Gasteiger partial charge in [0.15, 0.2) is 0 Å². The van der Waals surface area contributed by atoms with Crippen molar-refractivity contribution in [2.24, 2.45) is 0 Å². The van der Waals surface area contributed by atoms with Crippen molar-refractivity contribution in [2.75, 3.05) is 12.0 Å². The van der Waals surface area contributed by atoms with E-state index in [1.54, 1.807) is 31.2 Å². The van der Waals surface area contributed by atoms with Gasteiger partial charge in [0.1, 0.15) is 9.84 Å². The maximum Gasteiger partial charge on any atom is 0.251 e. The van der Waals surface area contributed by atoms with Crippen LogP contribution in [0.2, 0.25) is 0 Å². The van der Waals surface area contributed by atoms with Crippen LogP contribution in [0, 0.1) is 0 Å². The summed E-state index contributed by atoms with van der Waals surface area (Å²) in [5, 5.41) is 2.77. The molecule has 1 aromatic rings. The third-order valence-corrected chi connectivity index (χ3v) is 3.31. The molecular formula is C12H17NO3S. The van der Waals surface area contributed by atoms with Crippen LogP contribution in [0.5, 0.6) is 0 Å². The molecule has 0 spiro atoms. The molecule has 4 nitrogen and oxygen atoms in total. The third kappa shape index (κ3) is 5.49. The standard InChI is InChI=1S/C12H17NO3S/c1-10(8-9-17(2,15)16)13-12(14)11-6-4-3-5-7-11/h3-7,10H,8-9H2,1-2H3,(H,13,14). The van der Waals surface area contributed by atoms with E-state index in [4.69, 9.17) is 0 Å². The number of sulfone groups is 1. The number of rotatable bonds is 5. The maximum atomic E-state index is 11.7. The number of hydrogen-bond donors (Lipinski definition) is 1. The van der Waals surface area contributed by atoms with E-state index in [0.29, 0.717) is 12.0 Å². The van der Waals surface area contributed by atoms with Crippen molar-refractivity contribution in [3.05, 3.63) is 35.9 Å². The molecule has 0 aliphatic heterocycles. The van der Waals surface area contributed by atoms with Crippen molar-refractivity contribution >= 4 is 15.7 Å². The molecule has 17 heavy (non-hydrogen) atoms. The SMILES string of the molecule is CC(CCS(C)(=O)=O)NC(=O)c1ccccc1. The minimum atomic E-state index is -2.97. The van der Waals surface area contributed by atoms with Gasteiger partial charge in [0, 0.05) is 17.9 Å². The molecule has 0 aliphatic carbocycles. The van der Waals surface area contributed by atoms with E-state index in [2.05, 4.69) is 5.32 Å². The van der Waals surface area contributed by atoms with Crippen LogP contribution < -0.4 is 5.32 Å². The highest BCUT2D eigenvalue weighted by Gasteiger charge is 2.11. The molecule has 1 amide bonds. The van der Waals surface area contributed by atoms with E-state index in [9.17, 15) is 13.2 Å². The second-order valence-corrected chi connectivity index (χ2v) is 6.42. The molecule has 5 heteroatoms. The molecule has 0 bridgehead atoms. The highest BCUT2D eigenvalue weighted by Crippen LogP contribution is 2.01. The van der Waals surface area contributed by atoms with Crippen LogP contribution >= 0.6 is 0 Å². The average molecular weight is 255 g/mol. The Balaban J connectivity index is 2.47. The molecule has 0 heterocycles. The Bertz CT molecular complexity index is 468. The van der Waals surface area contributed by atoms with E-state index < -0.39 is 9.84 Å². The monoisotopic (exact) mass is 255 g/mol. The van der Waals surface area contributed by atoms with Gasteiger partial charge in [0.2, 0.25) is 0 Å². The fourth-order valence-electron chi connectivity index (χ4n) is 1.36. The first-order valence-corrected chi connectivity index (χ1v) is 7.48. The Morgan fingerprint density at radius 1 is 1.29 bits per heavy atom. The van der Waals surface area contributed by atoms with E-state index >= 15 is 0 Å². The molecule has 0 radical (unpaired) electrons. The normalized spacial score (nSPS) is 13.1. The van der Waals surface area contributed by atoms with Crippen molar-refractivity contribution in [1.82, 2.24) is 5.32 Å². The molecule has 94 valence electrons. The summed E-state index contributed by atoms with van der Waals surface area (Å²) in [5.41, 5.74) is 0.582. The predicted molar refractivity (Wildman–Crippen MR) is 67.7 cm³/mol. The van der Waals surface area contributed by atoms with Gasteiger partial charge in [-0.2, -0.15) is 0 Å². The summed E-state index contributed by atoms with van der Waals surface area (Å²) in [6, 6.07) is 8.70. The molecule has 0 fully saturated rings. The summed E-state index contributed by atoms with van der Waals surface area (Å²) in [4.78, 5) is 11.7. The zero-order valence-corrected chi connectivity index (χ0v) is 10.8. The van der Waals surface area contributed by atoms with E-state index in [-0.39, 0.29) is 17.7 Å². The maximum absolute atomic E-state index is 11.7. The second-order valence-electron chi connectivity index (χ2n) is 4.16. The molecule has 1 unspecified atom stereocenters. The van der Waals surface area contributed by atoms with Crippen LogP contribution in [0.25, 0.3) is 0 Å². The van der Waals surface area contributed by atoms with Crippen LogP contribution in [-0.4, -0.2) is 32.4 Å². The largest absolute Gasteiger partial charge is 0.350 e. The third-order valence-electron chi connectivity index (χ3n) is 2.34. The van der Waals surface area contributed by atoms with Gasteiger partial charge in [-0.1, -0.05) is 18.2 Å². The molecule has 1 atom stereocenters. The average Bonchev–Trinajstić information content (AvgIpc) is 2.27. The zero-order chi connectivity index (χ0) is 12.9. The summed E-state index contributed by atoms with van der Waals surface area (Å²) in [5.74, 6) is -0.0879. The molecule has 0 saturated carbocycles. The molecule has 1 N–H and O–H groups in total. The molecule has 0 aliphatic rings. The first kappa shape index (κ1) is 13.7. The topological polar surface area (TPSA) is 63.2 Å². The van der Waals surface area contributed by atoms with Crippen LogP contribution in [0.15, 0.2) is 30.3 Å². The Morgan fingerprint density at radius 2 is 1.88 bits per heavy atom. The van der Waals surface area contributed by atoms with Gasteiger partial charge in [-0.05, 0) is 25.5 Å². The van der Waals surface area contributed by atoms with Gasteiger partial charge in [-0.3, -0.25) is 4.79 Å². The molecule has 0 aromatic heterocycles. The summed E-state index contributed by atoms with van der Waals surface area (Å²) in [6.07, 6.45) is 1.62. The van der Waals surface area contributed by atoms with Crippen LogP contribution in [0.4, 0.5) is 0 Å². The summed E-state index contributed by atoms with van der Waals surface area (Å²) < 4.78 is 22.0. The smallest absolute Gasteiger partial charge is 0.251 e. The number of carbonyl (C=O) groups is 1. The highest BCUT2D eigenvalue weighted by molar-refractivity contribution is 7.90. The zero-order valence-electron chi connectivity index (χ0n) is 10.0. The van der Waals surface area contributed by atoms with E-state index in [1.807, 2.05) is 6.07 Å². The van der Waals surface area contributed by atoms with E-state index in [0.717, 1.165) is 0 Å². The van der Waals surface area contributed by atoms with Crippen molar-refractivity contribution < 1.29 is 13.2 Å². The second kappa shape index (κ2) is 5.82. The summed E-state index contributed by atoms with van der Waals surface area (Å²) in [7, 11) is -2.97. The Hall–Kier alpha value is -1.36. The van der Waals surface area contributed by atoms with Gasteiger partial charge in [-0.15, -0.1) is 0 Å². The fraction of sp³-hybridized carbons (Fsp3) is 0.417. The predicted octanol–water partition coefficient (Wildman–Crippen LogP) is 1.24. The molecule has 1 rings (SSSR count). The molecular weight excluding hydrogens is 238 g/mol. The summed E-state index contributed by atoms with van der Waals surface area (Å²) in [6.45, 7) is 1.80. The Kier molecular flexibility index (Phi) is 4.69. The minimum absolute atomic E-state index is 0.0865. The van der Waals surface area contributed by atoms with Crippen LogP contribution in [0.3, 0.4) is 0 Å². The van der Waals surface area contributed by atoms with Crippen molar-refractivity contribution in [1.29, 1.82) is 0 Å². The van der Waals surface area contributed by atoms with Crippen LogP contribution in [-0.2, 0) is 9.84 Å². The Labute approximate surface area is 102 Å². The first-order valence-electron chi connectivity index (χ1n) is 5.42. The van der Waals surface area contributed by atoms with Gasteiger partial charge >= 0.3 is 0 Å². The first-order chi connectivity index (χ1) is 7.88. The number of amides is 1. The van der Waals surface area contributed by atoms with Gasteiger partial charge < -0.3 is 5.32 Å². The van der Waals surface area contributed by atoms with Crippen LogP contribution in [0.1, 0.15) is 23.7 Å². The lowest BCUT2D eigenvalue weighted by Gasteiger charge is -2.13. The lowest BCUT2D eigenvalue weighted by molar-refractivity contribution is 0.0939. The van der Waals surface area contributed by atoms with Gasteiger partial charge in [0.25, 0.3) is 5.91 Å². The quantitative estimate of drug-likeness (QED) is 0.861. The van der Waals surface area contributed by atoms with Crippen molar-refractivity contribution in [2.45, 2.75) is 19.4 Å². The molecule has 1 aromatic carbocycles. The number of benzene rings is 1. The Morgan fingerprint density at radius 3 is 2.41 bits per heavy atom. The summed E-state index contributed by atoms with van der Waals surface area (Å²) >= 11 is 0. The number of nitrogens with one attached hydrogen (secondary N) is 1. The van der Waals surface area contributed by atoms with E-state index in [1.165, 1.54) is 6.26 Å². The number of carbonyl (C=O) groups excluding carboxylic acids is 1. The van der Waals surface area contributed by atoms with Crippen molar-refractivity contribution in [3.8, 4) is 0 Å². The highest BCUT2D eigenvalue weighted by atomic mass is 32.2. The minimum Gasteiger partial charge on any atom is -0.350 e. The molecule has 0 saturated heterocycles. The fourth-order valence-corrected chi connectivity index (χ4v) is 2.14. The van der Waals surface area contributed by atoms with Gasteiger partial charge in [-0.25, -0.2) is 8.42 Å². The lowest BCUT2D eigenvalue weighted by Crippen LogP contribution is -2.33. The number of hydrogen-bond acceptors (Lipinski definition) is 3.